The first-order valence-corrected chi connectivity index (χ1v) is 11.2. The number of rotatable bonds is 8. The Bertz CT molecular complexity index is 995. The smallest absolute Gasteiger partial charge is 0.338 e. The number of amidine groups is 1. The summed E-state index contributed by atoms with van der Waals surface area (Å²) in [5.74, 6) is 1.81. The Hall–Kier alpha value is -3.13. The van der Waals surface area contributed by atoms with Crippen LogP contribution in [0.3, 0.4) is 0 Å². The van der Waals surface area contributed by atoms with Gasteiger partial charge in [-0.2, -0.15) is 0 Å². The highest BCUT2D eigenvalue weighted by atomic mass is 32.2. The molecule has 2 aromatic rings. The molecule has 0 amide bonds. The van der Waals surface area contributed by atoms with Crippen LogP contribution in [0.2, 0.25) is 0 Å². The first kappa shape index (κ1) is 23.5. The highest BCUT2D eigenvalue weighted by molar-refractivity contribution is 8.13. The second kappa shape index (κ2) is 10.9. The van der Waals surface area contributed by atoms with Crippen molar-refractivity contribution in [1.29, 1.82) is 0 Å². The first-order valence-electron chi connectivity index (χ1n) is 10.2. The van der Waals surface area contributed by atoms with Crippen LogP contribution in [0.4, 0.5) is 0 Å². The molecule has 0 radical (unpaired) electrons. The minimum absolute atomic E-state index is 0.275. The van der Waals surface area contributed by atoms with Gasteiger partial charge in [-0.1, -0.05) is 42.1 Å². The van der Waals surface area contributed by atoms with Crippen LogP contribution in [0.25, 0.3) is 0 Å². The third-order valence-corrected chi connectivity index (χ3v) is 5.89. The normalized spacial score (nSPS) is 15.5. The van der Waals surface area contributed by atoms with Gasteiger partial charge in [0.15, 0.2) is 16.7 Å². The van der Waals surface area contributed by atoms with E-state index in [0.717, 1.165) is 16.5 Å². The van der Waals surface area contributed by atoms with Crippen LogP contribution in [0.15, 0.2) is 58.7 Å². The van der Waals surface area contributed by atoms with Crippen molar-refractivity contribution in [2.45, 2.75) is 25.6 Å². The third-order valence-electron chi connectivity index (χ3n) is 4.93. The average Bonchev–Trinajstić information content (AvgIpc) is 2.82. The van der Waals surface area contributed by atoms with Gasteiger partial charge in [-0.25, -0.2) is 9.79 Å². The molecule has 1 aliphatic heterocycles. The second-order valence-corrected chi connectivity index (χ2v) is 7.92. The van der Waals surface area contributed by atoms with E-state index in [-0.39, 0.29) is 6.61 Å². The van der Waals surface area contributed by atoms with Crippen molar-refractivity contribution in [2.24, 2.45) is 4.99 Å². The number of carbonyl (C=O) groups excluding carboxylic acids is 1. The summed E-state index contributed by atoms with van der Waals surface area (Å²) in [6.45, 7) is 3.91. The number of nitrogens with zero attached hydrogens (tertiary/aromatic N) is 1. The van der Waals surface area contributed by atoms with Gasteiger partial charge in [0.1, 0.15) is 6.04 Å². The summed E-state index contributed by atoms with van der Waals surface area (Å²) < 4.78 is 21.8. The molecule has 170 valence electrons. The topological polar surface area (TPSA) is 78.4 Å². The van der Waals surface area contributed by atoms with Gasteiger partial charge in [0.2, 0.25) is 5.75 Å². The maximum absolute atomic E-state index is 12.8. The predicted octanol–water partition coefficient (Wildman–Crippen LogP) is 4.48. The molecule has 3 rings (SSSR count). The zero-order valence-electron chi connectivity index (χ0n) is 18.9. The van der Waals surface area contributed by atoms with Gasteiger partial charge in [-0.3, -0.25) is 0 Å². The number of esters is 1. The fourth-order valence-corrected chi connectivity index (χ4v) is 4.32. The van der Waals surface area contributed by atoms with Crippen molar-refractivity contribution < 1.29 is 23.7 Å². The lowest BCUT2D eigenvalue weighted by Crippen LogP contribution is -2.30. The summed E-state index contributed by atoms with van der Waals surface area (Å²) in [6, 6.07) is 13.2. The standard InChI is InChI=1S/C24H28N2O5S/c1-6-31-23(27)20-15(2)25-24(32-14-16-10-8-7-9-11-16)26-21(20)17-12-18(28-3)22(30-5)19(13-17)29-4/h7-13,21H,6,14H2,1-5H3,(H,25,26)/t21-/m0/s1. The van der Waals surface area contributed by atoms with Crippen molar-refractivity contribution in [3.05, 3.63) is 64.9 Å². The van der Waals surface area contributed by atoms with E-state index in [1.165, 1.54) is 5.56 Å². The van der Waals surface area contributed by atoms with Gasteiger partial charge in [0, 0.05) is 11.4 Å². The summed E-state index contributed by atoms with van der Waals surface area (Å²) in [5.41, 5.74) is 3.07. The van der Waals surface area contributed by atoms with Crippen molar-refractivity contribution in [2.75, 3.05) is 27.9 Å². The van der Waals surface area contributed by atoms with E-state index in [2.05, 4.69) is 17.4 Å². The lowest BCUT2D eigenvalue weighted by molar-refractivity contribution is -0.138. The maximum atomic E-state index is 12.8. The number of hydrogen-bond acceptors (Lipinski definition) is 8. The summed E-state index contributed by atoms with van der Waals surface area (Å²) in [6.07, 6.45) is 0. The number of allylic oxidation sites excluding steroid dienone is 1. The summed E-state index contributed by atoms with van der Waals surface area (Å²) in [7, 11) is 4.66. The fourth-order valence-electron chi connectivity index (χ4n) is 3.42. The van der Waals surface area contributed by atoms with Crippen molar-refractivity contribution >= 4 is 22.9 Å². The number of ether oxygens (including phenoxy) is 4. The van der Waals surface area contributed by atoms with Gasteiger partial charge in [0.25, 0.3) is 0 Å². The second-order valence-electron chi connectivity index (χ2n) is 6.95. The molecule has 1 N–H and O–H groups in total. The first-order chi connectivity index (χ1) is 15.5. The highest BCUT2D eigenvalue weighted by Crippen LogP contribution is 2.43. The number of carbonyl (C=O) groups is 1. The predicted molar refractivity (Wildman–Crippen MR) is 126 cm³/mol. The van der Waals surface area contributed by atoms with Gasteiger partial charge in [-0.15, -0.1) is 0 Å². The van der Waals surface area contributed by atoms with Gasteiger partial charge < -0.3 is 24.3 Å². The Morgan fingerprint density at radius 3 is 2.28 bits per heavy atom. The molecule has 0 aromatic heterocycles. The number of thioether (sulfide) groups is 1. The number of benzene rings is 2. The van der Waals surface area contributed by atoms with Crippen LogP contribution >= 0.6 is 11.8 Å². The lowest BCUT2D eigenvalue weighted by Gasteiger charge is -2.26. The molecule has 1 aliphatic rings. The molecule has 32 heavy (non-hydrogen) atoms. The molecule has 0 saturated heterocycles. The summed E-state index contributed by atoms with van der Waals surface area (Å²) in [5, 5.41) is 3.98. The number of aliphatic imine (C=N–C) groups is 1. The molecule has 7 nitrogen and oxygen atoms in total. The van der Waals surface area contributed by atoms with Crippen LogP contribution in [0.1, 0.15) is 31.0 Å². The van der Waals surface area contributed by atoms with Crippen molar-refractivity contribution in [3.63, 3.8) is 0 Å². The third kappa shape index (κ3) is 5.19. The highest BCUT2D eigenvalue weighted by Gasteiger charge is 2.32. The Morgan fingerprint density at radius 2 is 1.72 bits per heavy atom. The molecule has 0 fully saturated rings. The van der Waals surface area contributed by atoms with Crippen molar-refractivity contribution in [1.82, 2.24) is 5.32 Å². The molecule has 1 atom stereocenters. The molecule has 0 spiro atoms. The summed E-state index contributed by atoms with van der Waals surface area (Å²) >= 11 is 1.57. The van der Waals surface area contributed by atoms with Crippen LogP contribution in [0.5, 0.6) is 17.2 Å². The number of methoxy groups -OCH3 is 3. The van der Waals surface area contributed by atoms with E-state index < -0.39 is 12.0 Å². The molecular weight excluding hydrogens is 428 g/mol. The largest absolute Gasteiger partial charge is 0.493 e. The Balaban J connectivity index is 2.02. The van der Waals surface area contributed by atoms with Crippen LogP contribution in [-0.2, 0) is 15.3 Å². The van der Waals surface area contributed by atoms with Crippen molar-refractivity contribution in [3.8, 4) is 17.2 Å². The minimum Gasteiger partial charge on any atom is -0.493 e. The quantitative estimate of drug-likeness (QED) is 0.587. The Labute approximate surface area is 192 Å². The molecule has 2 aromatic carbocycles. The zero-order chi connectivity index (χ0) is 23.1. The molecule has 0 aliphatic carbocycles. The molecule has 0 unspecified atom stereocenters. The zero-order valence-corrected chi connectivity index (χ0v) is 19.7. The van der Waals surface area contributed by atoms with Gasteiger partial charge in [0.05, 0.1) is 33.5 Å². The molecule has 8 heteroatoms. The van der Waals surface area contributed by atoms with Crippen LogP contribution in [-0.4, -0.2) is 39.1 Å². The van der Waals surface area contributed by atoms with Crippen LogP contribution < -0.4 is 19.5 Å². The van der Waals surface area contributed by atoms with E-state index in [0.29, 0.717) is 28.5 Å². The summed E-state index contributed by atoms with van der Waals surface area (Å²) in [4.78, 5) is 17.7. The molecule has 0 saturated carbocycles. The van der Waals surface area contributed by atoms with E-state index in [1.54, 1.807) is 40.0 Å². The van der Waals surface area contributed by atoms with E-state index in [9.17, 15) is 4.79 Å². The SMILES string of the molecule is CCOC(=O)C1=C(C)NC(SCc2ccccc2)=N[C@H]1c1cc(OC)c(OC)c(OC)c1. The van der Waals surface area contributed by atoms with E-state index in [4.69, 9.17) is 23.9 Å². The Kier molecular flexibility index (Phi) is 8.05. The molecular formula is C24H28N2O5S. The molecule has 0 bridgehead atoms. The fraction of sp³-hybridized carbons (Fsp3) is 0.333. The van der Waals surface area contributed by atoms with Crippen LogP contribution in [0, 0.1) is 0 Å². The Morgan fingerprint density at radius 1 is 1.06 bits per heavy atom. The van der Waals surface area contributed by atoms with Gasteiger partial charge in [-0.05, 0) is 37.1 Å². The van der Waals surface area contributed by atoms with E-state index >= 15 is 0 Å². The maximum Gasteiger partial charge on any atom is 0.338 e. The number of hydrogen-bond donors (Lipinski definition) is 1. The van der Waals surface area contributed by atoms with Gasteiger partial charge >= 0.3 is 5.97 Å². The lowest BCUT2D eigenvalue weighted by atomic mass is 9.96. The van der Waals surface area contributed by atoms with E-state index in [1.807, 2.05) is 37.3 Å². The monoisotopic (exact) mass is 456 g/mol. The average molecular weight is 457 g/mol. The minimum atomic E-state index is -0.581. The molecule has 1 heterocycles. The number of nitrogens with one attached hydrogen (secondary N) is 1.